The standard InChI is InChI=1S/C9H11NO5/c11-8(12)7(9(13)15-14)10-6-4-2-1-3-5-6/h1-5,7,9-10,13-14H,(H,11,12). The molecule has 0 aliphatic carbocycles. The van der Waals surface area contributed by atoms with Gasteiger partial charge in [0.15, 0.2) is 6.04 Å². The number of rotatable bonds is 5. The van der Waals surface area contributed by atoms with Crippen LogP contribution in [0.5, 0.6) is 0 Å². The number of carbonyl (C=O) groups is 1. The van der Waals surface area contributed by atoms with Crippen molar-refractivity contribution in [1.29, 1.82) is 0 Å². The van der Waals surface area contributed by atoms with Crippen LogP contribution < -0.4 is 5.32 Å². The van der Waals surface area contributed by atoms with E-state index in [1.165, 1.54) is 0 Å². The highest BCUT2D eigenvalue weighted by molar-refractivity contribution is 5.77. The summed E-state index contributed by atoms with van der Waals surface area (Å²) in [6.45, 7) is 0. The minimum absolute atomic E-state index is 0.501. The monoisotopic (exact) mass is 213 g/mol. The molecule has 6 nitrogen and oxygen atoms in total. The van der Waals surface area contributed by atoms with Gasteiger partial charge in [-0.15, -0.1) is 0 Å². The Hall–Kier alpha value is -1.63. The maximum absolute atomic E-state index is 10.7. The molecule has 0 fully saturated rings. The molecule has 0 radical (unpaired) electrons. The molecule has 0 aromatic heterocycles. The van der Waals surface area contributed by atoms with E-state index in [0.717, 1.165) is 0 Å². The van der Waals surface area contributed by atoms with E-state index in [0.29, 0.717) is 5.69 Å². The summed E-state index contributed by atoms with van der Waals surface area (Å²) in [6, 6.07) is 6.98. The molecule has 0 bridgehead atoms. The Labute approximate surface area is 85.7 Å². The lowest BCUT2D eigenvalue weighted by molar-refractivity contribution is -0.335. The van der Waals surface area contributed by atoms with Gasteiger partial charge in [0.05, 0.1) is 0 Å². The summed E-state index contributed by atoms with van der Waals surface area (Å²) in [6.07, 6.45) is -1.83. The SMILES string of the molecule is O=C(O)C(Nc1ccccc1)C(O)OO. The number of aliphatic carboxylic acids is 1. The zero-order chi connectivity index (χ0) is 11.3. The number of anilines is 1. The third-order valence-electron chi connectivity index (χ3n) is 1.76. The van der Waals surface area contributed by atoms with E-state index in [1.807, 2.05) is 0 Å². The number of hydrogen-bond donors (Lipinski definition) is 4. The van der Waals surface area contributed by atoms with Gasteiger partial charge in [0.2, 0.25) is 6.29 Å². The maximum Gasteiger partial charge on any atom is 0.331 e. The van der Waals surface area contributed by atoms with Crippen molar-refractivity contribution in [2.24, 2.45) is 0 Å². The highest BCUT2D eigenvalue weighted by Crippen LogP contribution is 2.09. The van der Waals surface area contributed by atoms with Gasteiger partial charge >= 0.3 is 5.97 Å². The zero-order valence-electron chi connectivity index (χ0n) is 7.70. The minimum Gasteiger partial charge on any atom is -0.480 e. The predicted octanol–water partition coefficient (Wildman–Crippen LogP) is 0.360. The van der Waals surface area contributed by atoms with Crippen LogP contribution >= 0.6 is 0 Å². The van der Waals surface area contributed by atoms with Gasteiger partial charge in [0, 0.05) is 5.69 Å². The smallest absolute Gasteiger partial charge is 0.331 e. The third-order valence-corrected chi connectivity index (χ3v) is 1.76. The predicted molar refractivity (Wildman–Crippen MR) is 51.2 cm³/mol. The van der Waals surface area contributed by atoms with Crippen molar-refractivity contribution >= 4 is 11.7 Å². The van der Waals surface area contributed by atoms with E-state index >= 15 is 0 Å². The Bertz CT molecular complexity index is 316. The molecular weight excluding hydrogens is 202 g/mol. The molecule has 15 heavy (non-hydrogen) atoms. The molecule has 0 aliphatic rings. The Morgan fingerprint density at radius 2 is 1.93 bits per heavy atom. The van der Waals surface area contributed by atoms with Crippen LogP contribution in [-0.2, 0) is 9.68 Å². The summed E-state index contributed by atoms with van der Waals surface area (Å²) in [5.74, 6) is -1.33. The van der Waals surface area contributed by atoms with Crippen molar-refractivity contribution < 1.29 is 25.2 Å². The van der Waals surface area contributed by atoms with Crippen LogP contribution in [0, 0.1) is 0 Å². The van der Waals surface area contributed by atoms with Gasteiger partial charge in [-0.05, 0) is 12.1 Å². The molecular formula is C9H11NO5. The number of para-hydroxylation sites is 1. The topological polar surface area (TPSA) is 99.0 Å². The number of carboxylic acids is 1. The molecule has 2 unspecified atom stereocenters. The highest BCUT2D eigenvalue weighted by atomic mass is 17.1. The minimum atomic E-state index is -1.83. The second kappa shape index (κ2) is 5.30. The summed E-state index contributed by atoms with van der Waals surface area (Å²) in [4.78, 5) is 14.2. The van der Waals surface area contributed by atoms with Crippen LogP contribution in [0.25, 0.3) is 0 Å². The fraction of sp³-hybridized carbons (Fsp3) is 0.222. The van der Waals surface area contributed by atoms with E-state index in [4.69, 9.17) is 15.5 Å². The number of benzene rings is 1. The molecule has 0 saturated carbocycles. The Morgan fingerprint density at radius 3 is 2.40 bits per heavy atom. The number of nitrogens with one attached hydrogen (secondary N) is 1. The van der Waals surface area contributed by atoms with Crippen molar-refractivity contribution in [1.82, 2.24) is 0 Å². The van der Waals surface area contributed by atoms with Crippen LogP contribution in [0.3, 0.4) is 0 Å². The molecule has 1 rings (SSSR count). The Kier molecular flexibility index (Phi) is 4.04. The average molecular weight is 213 g/mol. The maximum atomic E-state index is 10.7. The summed E-state index contributed by atoms with van der Waals surface area (Å²) in [5, 5.41) is 28.4. The largest absolute Gasteiger partial charge is 0.480 e. The molecule has 0 amide bonds. The van der Waals surface area contributed by atoms with E-state index in [2.05, 4.69) is 10.2 Å². The van der Waals surface area contributed by atoms with E-state index in [-0.39, 0.29) is 0 Å². The highest BCUT2D eigenvalue weighted by Gasteiger charge is 2.27. The van der Waals surface area contributed by atoms with Crippen molar-refractivity contribution in [2.45, 2.75) is 12.3 Å². The zero-order valence-corrected chi connectivity index (χ0v) is 7.70. The molecule has 0 saturated heterocycles. The molecule has 0 spiro atoms. The first-order valence-corrected chi connectivity index (χ1v) is 4.18. The van der Waals surface area contributed by atoms with Gasteiger partial charge < -0.3 is 15.5 Å². The van der Waals surface area contributed by atoms with E-state index in [1.54, 1.807) is 30.3 Å². The Balaban J connectivity index is 2.71. The lowest BCUT2D eigenvalue weighted by Gasteiger charge is -2.18. The fourth-order valence-corrected chi connectivity index (χ4v) is 1.03. The molecule has 0 heterocycles. The fourth-order valence-electron chi connectivity index (χ4n) is 1.03. The van der Waals surface area contributed by atoms with Crippen molar-refractivity contribution in [3.8, 4) is 0 Å². The second-order valence-electron chi connectivity index (χ2n) is 2.82. The molecule has 6 heteroatoms. The lowest BCUT2D eigenvalue weighted by atomic mass is 10.2. The lowest BCUT2D eigenvalue weighted by Crippen LogP contribution is -2.41. The van der Waals surface area contributed by atoms with Crippen LogP contribution in [-0.4, -0.2) is 33.8 Å². The molecule has 4 N–H and O–H groups in total. The summed E-state index contributed by atoms with van der Waals surface area (Å²) in [5.41, 5.74) is 0.501. The van der Waals surface area contributed by atoms with Crippen LogP contribution in [0.4, 0.5) is 5.69 Å². The van der Waals surface area contributed by atoms with E-state index in [9.17, 15) is 4.79 Å². The Morgan fingerprint density at radius 1 is 1.33 bits per heavy atom. The second-order valence-corrected chi connectivity index (χ2v) is 2.82. The molecule has 1 aromatic carbocycles. The number of hydrogen-bond acceptors (Lipinski definition) is 5. The van der Waals surface area contributed by atoms with Crippen LogP contribution in [0.2, 0.25) is 0 Å². The molecule has 0 aliphatic heterocycles. The van der Waals surface area contributed by atoms with Gasteiger partial charge in [0.1, 0.15) is 0 Å². The van der Waals surface area contributed by atoms with Gasteiger partial charge in [-0.1, -0.05) is 18.2 Å². The van der Waals surface area contributed by atoms with Gasteiger partial charge in [-0.25, -0.2) is 14.9 Å². The first kappa shape index (κ1) is 11.4. The molecule has 82 valence electrons. The number of aliphatic hydroxyl groups excluding tert-OH is 1. The van der Waals surface area contributed by atoms with Gasteiger partial charge in [-0.3, -0.25) is 0 Å². The molecule has 1 aromatic rings. The van der Waals surface area contributed by atoms with Crippen molar-refractivity contribution in [3.05, 3.63) is 30.3 Å². The normalized spacial score (nSPS) is 14.3. The van der Waals surface area contributed by atoms with E-state index < -0.39 is 18.3 Å². The average Bonchev–Trinajstić information content (AvgIpc) is 2.26. The number of aliphatic hydroxyl groups is 1. The quantitative estimate of drug-likeness (QED) is 0.320. The summed E-state index contributed by atoms with van der Waals surface area (Å²) < 4.78 is 0. The summed E-state index contributed by atoms with van der Waals surface area (Å²) >= 11 is 0. The first-order valence-electron chi connectivity index (χ1n) is 4.18. The van der Waals surface area contributed by atoms with Gasteiger partial charge in [0.25, 0.3) is 0 Å². The van der Waals surface area contributed by atoms with Crippen molar-refractivity contribution in [3.63, 3.8) is 0 Å². The first-order chi connectivity index (χ1) is 7.15. The van der Waals surface area contributed by atoms with Crippen molar-refractivity contribution in [2.75, 3.05) is 5.32 Å². The molecule has 2 atom stereocenters. The van der Waals surface area contributed by atoms with Gasteiger partial charge in [-0.2, -0.15) is 0 Å². The number of carboxylic acid groups (broad SMARTS) is 1. The van der Waals surface area contributed by atoms with Crippen LogP contribution in [0.1, 0.15) is 0 Å². The third kappa shape index (κ3) is 3.21. The van der Waals surface area contributed by atoms with Crippen LogP contribution in [0.15, 0.2) is 30.3 Å². The summed E-state index contributed by atoms with van der Waals surface area (Å²) in [7, 11) is 0.